The fourth-order valence-corrected chi connectivity index (χ4v) is 10.9. The summed E-state index contributed by atoms with van der Waals surface area (Å²) in [5, 5.41) is 17.1. The van der Waals surface area contributed by atoms with Crippen molar-refractivity contribution in [2.75, 3.05) is 80.1 Å². The third kappa shape index (κ3) is 10.6. The summed E-state index contributed by atoms with van der Waals surface area (Å²) >= 11 is 3.60. The van der Waals surface area contributed by atoms with Crippen molar-refractivity contribution < 1.29 is 32.5 Å². The Morgan fingerprint density at radius 2 is 1.67 bits per heavy atom. The summed E-state index contributed by atoms with van der Waals surface area (Å²) in [5.41, 5.74) is 5.40. The summed E-state index contributed by atoms with van der Waals surface area (Å²) in [7, 11) is -1.11. The van der Waals surface area contributed by atoms with Crippen LogP contribution in [0.3, 0.4) is 0 Å². The molecule has 1 atom stereocenters. The van der Waals surface area contributed by atoms with Gasteiger partial charge in [-0.15, -0.1) is 0 Å². The van der Waals surface area contributed by atoms with Crippen molar-refractivity contribution in [1.82, 2.24) is 30.9 Å². The Morgan fingerprint density at radius 3 is 2.34 bits per heavy atom. The molecule has 3 aromatic carbocycles. The average Bonchev–Trinajstić information content (AvgIpc) is 3.28. The lowest BCUT2D eigenvalue weighted by Gasteiger charge is -2.40. The van der Waals surface area contributed by atoms with Crippen LogP contribution in [0, 0.1) is 17.6 Å². The first kappa shape index (κ1) is 47.8. The number of anilines is 6. The van der Waals surface area contributed by atoms with Crippen molar-refractivity contribution in [3.8, 4) is 5.75 Å². The molecule has 19 heteroatoms. The Kier molecular flexibility index (Phi) is 14.4. The predicted octanol–water partition coefficient (Wildman–Crippen LogP) is 7.27. The normalized spacial score (nSPS) is 17.0. The van der Waals surface area contributed by atoms with E-state index < -0.39 is 36.5 Å². The van der Waals surface area contributed by atoms with Gasteiger partial charge in [0.1, 0.15) is 30.3 Å². The zero-order valence-electron chi connectivity index (χ0n) is 38.3. The Labute approximate surface area is 397 Å². The number of halogens is 3. The van der Waals surface area contributed by atoms with Gasteiger partial charge in [0.25, 0.3) is 0 Å². The molecule has 354 valence electrons. The second kappa shape index (κ2) is 20.3. The van der Waals surface area contributed by atoms with Crippen molar-refractivity contribution in [1.29, 1.82) is 0 Å². The molecule has 3 saturated heterocycles. The lowest BCUT2D eigenvalue weighted by Crippen LogP contribution is -2.54. The van der Waals surface area contributed by atoms with Crippen molar-refractivity contribution in [2.45, 2.75) is 64.3 Å². The number of rotatable bonds is 16. The minimum atomic E-state index is -2.76. The lowest BCUT2D eigenvalue weighted by molar-refractivity contribution is -0.134. The van der Waals surface area contributed by atoms with Gasteiger partial charge in [0, 0.05) is 97.3 Å². The number of carbonyl (C=O) groups is 3. The monoisotopic (exact) mass is 1000 g/mol. The van der Waals surface area contributed by atoms with E-state index in [9.17, 15) is 18.9 Å². The minimum absolute atomic E-state index is 0.0205. The highest BCUT2D eigenvalue weighted by molar-refractivity contribution is 9.10. The number of nitrogens with zero attached hydrogens (tertiary/aromatic N) is 5. The maximum absolute atomic E-state index is 15.1. The Bertz CT molecular complexity index is 2740. The number of fused-ring (bicyclic) bond motifs is 1. The molecule has 2 aromatic heterocycles. The zero-order chi connectivity index (χ0) is 47.6. The highest BCUT2D eigenvalue weighted by Gasteiger charge is 2.36. The summed E-state index contributed by atoms with van der Waals surface area (Å²) in [6.07, 6.45) is 5.16. The summed E-state index contributed by atoms with van der Waals surface area (Å²) < 4.78 is 50.3. The van der Waals surface area contributed by atoms with Crippen LogP contribution < -0.4 is 46.4 Å². The molecule has 0 saturated carbocycles. The maximum atomic E-state index is 15.1. The van der Waals surface area contributed by atoms with Gasteiger partial charge in [-0.05, 0) is 103 Å². The highest BCUT2D eigenvalue weighted by atomic mass is 79.9. The molecule has 0 bridgehead atoms. The molecule has 3 aliphatic rings. The quantitative estimate of drug-likeness (QED) is 0.0379. The van der Waals surface area contributed by atoms with Crippen LogP contribution >= 0.6 is 23.1 Å². The number of aromatic nitrogens is 3. The smallest absolute Gasteiger partial charge is 0.234 e. The first-order chi connectivity index (χ1) is 32.1. The number of amides is 3. The van der Waals surface area contributed by atoms with Crippen molar-refractivity contribution in [3.63, 3.8) is 0 Å². The summed E-state index contributed by atoms with van der Waals surface area (Å²) in [4.78, 5) is 54.9. The van der Waals surface area contributed by atoms with E-state index in [1.807, 2.05) is 24.3 Å². The number of aryl methyl sites for hydroxylation is 2. The third-order valence-electron chi connectivity index (χ3n) is 12.8. The van der Waals surface area contributed by atoms with Crippen molar-refractivity contribution in [3.05, 3.63) is 87.7 Å². The molecule has 8 rings (SSSR count). The van der Waals surface area contributed by atoms with E-state index >= 15 is 8.78 Å². The number of nitrogens with one attached hydrogen (secondary N) is 5. The van der Waals surface area contributed by atoms with E-state index in [-0.39, 0.29) is 36.3 Å². The average molecular weight is 1000 g/mol. The van der Waals surface area contributed by atoms with Gasteiger partial charge < -0.3 is 40.4 Å². The Morgan fingerprint density at radius 1 is 0.925 bits per heavy atom. The number of hydrogen-bond donors (Lipinski definition) is 5. The van der Waals surface area contributed by atoms with Crippen LogP contribution in [0.4, 0.5) is 43.3 Å². The second-order valence-electron chi connectivity index (χ2n) is 17.6. The van der Waals surface area contributed by atoms with Crippen LogP contribution in [0.25, 0.3) is 10.9 Å². The van der Waals surface area contributed by atoms with E-state index in [1.165, 1.54) is 12.1 Å². The second-order valence-corrected chi connectivity index (χ2v) is 21.6. The zero-order valence-corrected chi connectivity index (χ0v) is 40.8. The van der Waals surface area contributed by atoms with Crippen molar-refractivity contribution >= 4 is 91.5 Å². The lowest BCUT2D eigenvalue weighted by atomic mass is 9.89. The van der Waals surface area contributed by atoms with E-state index in [2.05, 4.69) is 78.4 Å². The molecule has 0 spiro atoms. The van der Waals surface area contributed by atoms with Gasteiger partial charge in [-0.25, -0.2) is 13.8 Å². The molecule has 5 aromatic rings. The van der Waals surface area contributed by atoms with Gasteiger partial charge in [-0.2, -0.15) is 4.98 Å². The number of pyridine rings is 1. The van der Waals surface area contributed by atoms with Crippen LogP contribution in [-0.2, 0) is 31.8 Å². The van der Waals surface area contributed by atoms with Crippen LogP contribution in [0.2, 0.25) is 0 Å². The summed E-state index contributed by atoms with van der Waals surface area (Å²) in [6.45, 7) is 11.1. The van der Waals surface area contributed by atoms with Gasteiger partial charge in [0.15, 0.2) is 0 Å². The number of ether oxygens (including phenoxy) is 1. The van der Waals surface area contributed by atoms with Crippen LogP contribution in [0.15, 0.2) is 59.2 Å². The van der Waals surface area contributed by atoms with Gasteiger partial charge in [-0.1, -0.05) is 19.9 Å². The molecule has 3 aliphatic heterocycles. The highest BCUT2D eigenvalue weighted by Crippen LogP contribution is 2.43. The fraction of sp³-hybridized carbons (Fsp3) is 0.417. The van der Waals surface area contributed by atoms with Gasteiger partial charge in [0.2, 0.25) is 23.7 Å². The molecular formula is C48H56BrF2N10O5P. The standard InChI is InChI=1S/C48H56BrF2N10O5P/c1-6-27-20-39(57-48-54-24-34(49)45(59-48)56-38-12-11-37-32(44(38)67(4,5)65)9-8-29(7-2)55-37)41(66-3)23-40(27)60-18-14-30(15-19-60)52-16-17-53-46(63)28-25-61(26-28)31-21-35(50)43(36(51)22-31)33-10-13-42(62)58-47(33)64/h8-9,11-12,20-24,28,30,33,52H,6-7,10,13-19,25-26H2,1-5H3,(H,53,63)(H,58,62,64)(H2,54,56,57,59)/t33-/m1/s1. The number of methoxy groups -OCH3 is 1. The molecule has 0 radical (unpaired) electrons. The van der Waals surface area contributed by atoms with Gasteiger partial charge in [-0.3, -0.25) is 24.7 Å². The predicted molar refractivity (Wildman–Crippen MR) is 262 cm³/mol. The first-order valence-electron chi connectivity index (χ1n) is 22.7. The van der Waals surface area contributed by atoms with E-state index in [1.54, 1.807) is 31.5 Å². The van der Waals surface area contributed by atoms with E-state index in [4.69, 9.17) is 14.7 Å². The minimum Gasteiger partial charge on any atom is -0.494 e. The number of carbonyl (C=O) groups excluding carboxylic acids is 3. The first-order valence-corrected chi connectivity index (χ1v) is 26.1. The molecule has 3 fully saturated rings. The van der Waals surface area contributed by atoms with Crippen molar-refractivity contribution in [2.24, 2.45) is 5.92 Å². The number of benzene rings is 3. The third-order valence-corrected chi connectivity index (χ3v) is 14.9. The topological polar surface area (TPSA) is 183 Å². The van der Waals surface area contributed by atoms with Crippen LogP contribution in [0.5, 0.6) is 5.75 Å². The van der Waals surface area contributed by atoms with Gasteiger partial charge >= 0.3 is 0 Å². The van der Waals surface area contributed by atoms with Crippen LogP contribution in [0.1, 0.15) is 62.3 Å². The number of piperidine rings is 2. The maximum Gasteiger partial charge on any atom is 0.234 e. The Hall–Kier alpha value is -5.71. The van der Waals surface area contributed by atoms with E-state index in [0.29, 0.717) is 64.8 Å². The molecular weight excluding hydrogens is 945 g/mol. The summed E-state index contributed by atoms with van der Waals surface area (Å²) in [6, 6.07) is 14.6. The molecule has 3 amide bonds. The van der Waals surface area contributed by atoms with Gasteiger partial charge in [0.05, 0.1) is 40.3 Å². The molecule has 0 aliphatic carbocycles. The molecule has 5 N–H and O–H groups in total. The largest absolute Gasteiger partial charge is 0.494 e. The Balaban J connectivity index is 0.826. The molecule has 15 nitrogen and oxygen atoms in total. The van der Waals surface area contributed by atoms with Crippen LogP contribution in [-0.4, -0.2) is 98.4 Å². The number of hydrogen-bond acceptors (Lipinski definition) is 13. The fourth-order valence-electron chi connectivity index (χ4n) is 9.17. The molecule has 5 heterocycles. The molecule has 0 unspecified atom stereocenters. The SMILES string of the molecule is CCc1ccc2c(P(C)(C)=O)c(Nc3nc(Nc4cc(CC)c(N5CCC(NCCNC(=O)C6CN(c7cc(F)c([C@H]8CCC(=O)NC8=O)c(F)c7)C6)CC5)cc4OC)ncc3Br)ccc2n1. The summed E-state index contributed by atoms with van der Waals surface area (Å²) in [5.74, 6) is -2.81. The number of imide groups is 1. The molecule has 67 heavy (non-hydrogen) atoms. The van der Waals surface area contributed by atoms with E-state index in [0.717, 1.165) is 72.3 Å².